The molecule has 0 aromatic rings. The van der Waals surface area contributed by atoms with E-state index in [0.717, 1.165) is 119 Å². The van der Waals surface area contributed by atoms with Crippen LogP contribution in [-0.4, -0.2) is 152 Å². The van der Waals surface area contributed by atoms with Gasteiger partial charge in [0, 0.05) is 53.8 Å². The zero-order valence-corrected chi connectivity index (χ0v) is 54.0. The summed E-state index contributed by atoms with van der Waals surface area (Å²) in [6, 6.07) is 0. The fourth-order valence-electron chi connectivity index (χ4n) is 9.05. The molecule has 0 radical (unpaired) electrons. The molecular weight excluding hydrogens is 1060 g/mol. The lowest BCUT2D eigenvalue weighted by atomic mass is 10.0. The minimum absolute atomic E-state index is 0.0506. The van der Waals surface area contributed by atoms with E-state index >= 15 is 0 Å². The average molecular weight is 1190 g/mol. The number of nitrogens with two attached hydrogens (primary N) is 1. The fourth-order valence-corrected chi connectivity index (χ4v) is 9.05. The van der Waals surface area contributed by atoms with Crippen molar-refractivity contribution in [2.75, 3.05) is 78.7 Å². The molecule has 0 bridgehead atoms. The highest BCUT2D eigenvalue weighted by Crippen LogP contribution is 2.17. The lowest BCUT2D eigenvalue weighted by molar-refractivity contribution is -0.237. The van der Waals surface area contributed by atoms with Gasteiger partial charge in [-0.1, -0.05) is 206 Å². The van der Waals surface area contributed by atoms with E-state index in [0.29, 0.717) is 32.6 Å². The summed E-state index contributed by atoms with van der Waals surface area (Å²) in [6.07, 6.45) is 48.7. The van der Waals surface area contributed by atoms with Gasteiger partial charge in [-0.25, -0.2) is 0 Å². The summed E-state index contributed by atoms with van der Waals surface area (Å²) in [4.78, 5) is 64.0. The Kier molecular flexibility index (Phi) is 75.4. The molecule has 0 aromatic heterocycles. The molecule has 0 spiro atoms. The molecule has 1 aliphatic heterocycles. The summed E-state index contributed by atoms with van der Waals surface area (Å²) in [7, 11) is 0. The molecule has 1 fully saturated rings. The molecule has 0 saturated carbocycles. The van der Waals surface area contributed by atoms with Crippen LogP contribution >= 0.6 is 0 Å². The molecule has 494 valence electrons. The van der Waals surface area contributed by atoms with Crippen molar-refractivity contribution in [2.45, 2.75) is 298 Å². The average Bonchev–Trinajstić information content (AvgIpc) is 3.97. The molecule has 1 saturated heterocycles. The van der Waals surface area contributed by atoms with Crippen molar-refractivity contribution >= 4 is 35.7 Å². The predicted octanol–water partition coefficient (Wildman–Crippen LogP) is 12.6. The van der Waals surface area contributed by atoms with E-state index in [1.54, 1.807) is 0 Å². The smallest absolute Gasteiger partial charge is 0.300 e. The second kappa shape index (κ2) is 72.8. The molecule has 83 heavy (non-hydrogen) atoms. The van der Waals surface area contributed by atoms with Gasteiger partial charge in [0.25, 0.3) is 30.4 Å². The summed E-state index contributed by atoms with van der Waals surface area (Å²) in [6.45, 7) is 16.9. The number of nitrogens with zero attached hydrogens (tertiary/aromatic N) is 1. The van der Waals surface area contributed by atoms with Crippen molar-refractivity contribution in [3.05, 3.63) is 0 Å². The summed E-state index contributed by atoms with van der Waals surface area (Å²) in [5.41, 5.74) is 5.52. The van der Waals surface area contributed by atoms with Gasteiger partial charge in [0.2, 0.25) is 11.8 Å². The predicted molar refractivity (Wildman–Crippen MR) is 338 cm³/mol. The number of aliphatic carboxylic acids is 4. The van der Waals surface area contributed by atoms with Crippen LogP contribution in [0.4, 0.5) is 0 Å². The van der Waals surface area contributed by atoms with Crippen LogP contribution in [0.1, 0.15) is 286 Å². The molecule has 1 aliphatic rings. The Morgan fingerprint density at radius 2 is 0.783 bits per heavy atom. The number of hydrogen-bond donors (Lipinski definition) is 9. The van der Waals surface area contributed by atoms with E-state index in [9.17, 15) is 9.59 Å². The van der Waals surface area contributed by atoms with Crippen molar-refractivity contribution in [1.29, 1.82) is 0 Å². The minimum Gasteiger partial charge on any atom is -0.481 e. The first kappa shape index (κ1) is 86.0. The SMILES string of the molecule is CC(=O)O.CC(=O)O.CC(=O)O.CC(=O)O.CCCCCCCCCCCCCCCCCCN(CCCCCCCCCCCCCCCCCC)C(=O)CCCOC1OCC(CNC(=O)CNCCCNCCCCNCCCN)O1. The Balaban J connectivity index is -0.00000171. The molecule has 1 rings (SSSR count). The van der Waals surface area contributed by atoms with Crippen LogP contribution in [0.15, 0.2) is 0 Å². The largest absolute Gasteiger partial charge is 0.481 e. The molecule has 19 nitrogen and oxygen atoms in total. The van der Waals surface area contributed by atoms with Crippen LogP contribution in [-0.2, 0) is 43.0 Å². The number of carbonyl (C=O) groups is 6. The Labute approximate surface area is 506 Å². The van der Waals surface area contributed by atoms with Gasteiger partial charge in [0.1, 0.15) is 6.10 Å². The van der Waals surface area contributed by atoms with E-state index in [1.807, 2.05) is 0 Å². The van der Waals surface area contributed by atoms with E-state index < -0.39 is 30.4 Å². The molecule has 2 unspecified atom stereocenters. The van der Waals surface area contributed by atoms with Crippen LogP contribution < -0.4 is 27.0 Å². The second-order valence-electron chi connectivity index (χ2n) is 22.1. The van der Waals surface area contributed by atoms with Gasteiger partial charge >= 0.3 is 0 Å². The number of nitrogens with one attached hydrogen (secondary N) is 4. The van der Waals surface area contributed by atoms with E-state index in [2.05, 4.69) is 40.0 Å². The standard InChI is InChI=1S/C56H114N6O5.4C2H4O2/c1-3-5-7-9-11-13-15-17-19-21-23-25-27-29-31-35-47-62(48-36-32-30-28-26-24-22-20-18-16-14-12-10-8-6-4-2)55(64)40-37-49-65-56-66-52-53(67-56)50-61-54(63)51-60-46-39-45-59-43-34-33-42-58-44-38-41-57;4*1-2(3)4/h53,56,58-60H,3-52,57H2,1-2H3,(H,61,63);4*1H3,(H,3,4). The number of rotatable bonds is 55. The topological polar surface area (TPSA) is 288 Å². The van der Waals surface area contributed by atoms with Crippen LogP contribution in [0, 0.1) is 0 Å². The number of unbranched alkanes of at least 4 members (excludes halogenated alkanes) is 31. The Bertz CT molecular complexity index is 1320. The maximum atomic E-state index is 13.5. The normalized spacial score (nSPS) is 13.2. The third-order valence-corrected chi connectivity index (χ3v) is 13.5. The number of amides is 2. The first-order valence-electron chi connectivity index (χ1n) is 33.1. The first-order chi connectivity index (χ1) is 40.0. The van der Waals surface area contributed by atoms with Gasteiger partial charge in [0.05, 0.1) is 19.8 Å². The van der Waals surface area contributed by atoms with Crippen molar-refractivity contribution in [2.24, 2.45) is 5.73 Å². The lowest BCUT2D eigenvalue weighted by Gasteiger charge is -2.23. The van der Waals surface area contributed by atoms with Crippen molar-refractivity contribution in [3.8, 4) is 0 Å². The maximum Gasteiger partial charge on any atom is 0.300 e. The summed E-state index contributed by atoms with van der Waals surface area (Å²) in [5.74, 6) is -3.13. The summed E-state index contributed by atoms with van der Waals surface area (Å²) >= 11 is 0. The van der Waals surface area contributed by atoms with Gasteiger partial charge in [-0.15, -0.1) is 0 Å². The molecule has 2 atom stereocenters. The monoisotopic (exact) mass is 1190 g/mol. The molecule has 0 aliphatic carbocycles. The Morgan fingerprint density at radius 3 is 1.14 bits per heavy atom. The number of carbonyl (C=O) groups excluding carboxylic acids is 2. The Hall–Kier alpha value is -3.46. The maximum absolute atomic E-state index is 13.5. The molecule has 1 heterocycles. The summed E-state index contributed by atoms with van der Waals surface area (Å²) < 4.78 is 17.4. The highest BCUT2D eigenvalue weighted by atomic mass is 16.9. The van der Waals surface area contributed by atoms with Gasteiger partial charge in [0.15, 0.2) is 0 Å². The van der Waals surface area contributed by atoms with Gasteiger partial charge in [-0.05, 0) is 84.2 Å². The van der Waals surface area contributed by atoms with E-state index in [1.165, 1.54) is 193 Å². The third kappa shape index (κ3) is 87.4. The third-order valence-electron chi connectivity index (χ3n) is 13.5. The van der Waals surface area contributed by atoms with Crippen LogP contribution in [0.2, 0.25) is 0 Å². The molecule has 10 N–H and O–H groups in total. The highest BCUT2D eigenvalue weighted by molar-refractivity contribution is 5.78. The summed E-state index contributed by atoms with van der Waals surface area (Å²) in [5, 5.41) is 42.7. The highest BCUT2D eigenvalue weighted by Gasteiger charge is 2.27. The van der Waals surface area contributed by atoms with E-state index in [4.69, 9.17) is 59.5 Å². The Morgan fingerprint density at radius 1 is 0.458 bits per heavy atom. The van der Waals surface area contributed by atoms with Gasteiger partial charge < -0.3 is 66.5 Å². The van der Waals surface area contributed by atoms with E-state index in [-0.39, 0.29) is 24.5 Å². The zero-order chi connectivity index (χ0) is 62.5. The van der Waals surface area contributed by atoms with Crippen molar-refractivity contribution < 1.29 is 63.4 Å². The fraction of sp³-hybridized carbons (Fsp3) is 0.906. The lowest BCUT2D eigenvalue weighted by Crippen LogP contribution is -2.39. The first-order valence-corrected chi connectivity index (χ1v) is 33.1. The number of carboxylic acids is 4. The number of ether oxygens (including phenoxy) is 3. The van der Waals surface area contributed by atoms with Crippen molar-refractivity contribution in [3.63, 3.8) is 0 Å². The van der Waals surface area contributed by atoms with Crippen molar-refractivity contribution in [1.82, 2.24) is 26.2 Å². The number of carboxylic acid groups (broad SMARTS) is 4. The van der Waals surface area contributed by atoms with Crippen LogP contribution in [0.3, 0.4) is 0 Å². The van der Waals surface area contributed by atoms with Crippen LogP contribution in [0.25, 0.3) is 0 Å². The quantitative estimate of drug-likeness (QED) is 0.0256. The van der Waals surface area contributed by atoms with Crippen LogP contribution in [0.5, 0.6) is 0 Å². The molecular formula is C64H130N6O13. The zero-order valence-electron chi connectivity index (χ0n) is 54.0. The van der Waals surface area contributed by atoms with Gasteiger partial charge in [-0.2, -0.15) is 0 Å². The minimum atomic E-state index is -0.833. The number of hydrogen-bond acceptors (Lipinski definition) is 13. The second-order valence-corrected chi connectivity index (χ2v) is 22.1. The van der Waals surface area contributed by atoms with Gasteiger partial charge in [-0.3, -0.25) is 28.8 Å². The molecule has 0 aromatic carbocycles. The molecule has 19 heteroatoms. The molecule has 2 amide bonds.